The summed E-state index contributed by atoms with van der Waals surface area (Å²) in [6.07, 6.45) is 6.36. The second-order valence-electron chi connectivity index (χ2n) is 6.12. The van der Waals surface area contributed by atoms with Crippen LogP contribution in [0.5, 0.6) is 0 Å². The number of nitrogens with two attached hydrogens (primary N) is 1. The largest absolute Gasteiger partial charge is 0.321 e. The van der Waals surface area contributed by atoms with Crippen LogP contribution in [0.4, 0.5) is 0 Å². The van der Waals surface area contributed by atoms with Crippen molar-refractivity contribution >= 4 is 34.3 Å². The molecule has 1 fully saturated rings. The molecular formula is C17H22ClN3OS. The zero-order chi connectivity index (χ0) is 16.4. The number of hydrogen-bond donors (Lipinski definition) is 1. The maximum Gasteiger partial charge on any atom is 0.262 e. The number of thioether (sulfide) groups is 1. The van der Waals surface area contributed by atoms with Crippen LogP contribution in [0.2, 0.25) is 5.02 Å². The van der Waals surface area contributed by atoms with Crippen LogP contribution in [0.15, 0.2) is 23.0 Å². The highest BCUT2D eigenvalue weighted by Gasteiger charge is 2.32. The van der Waals surface area contributed by atoms with Gasteiger partial charge in [-0.05, 0) is 55.7 Å². The summed E-state index contributed by atoms with van der Waals surface area (Å²) < 4.78 is 1.76. The van der Waals surface area contributed by atoms with Crippen LogP contribution in [0.1, 0.15) is 37.5 Å². The molecule has 0 saturated heterocycles. The molecule has 1 aromatic heterocycles. The fourth-order valence-electron chi connectivity index (χ4n) is 2.89. The molecule has 2 N–H and O–H groups in total. The van der Waals surface area contributed by atoms with E-state index in [1.54, 1.807) is 10.6 Å². The normalized spacial score (nSPS) is 16.0. The minimum absolute atomic E-state index is 0.0594. The summed E-state index contributed by atoms with van der Waals surface area (Å²) in [6, 6.07) is 5.24. The Hall–Kier alpha value is -1.04. The van der Waals surface area contributed by atoms with Crippen LogP contribution in [0.25, 0.3) is 10.9 Å². The van der Waals surface area contributed by atoms with E-state index in [1.807, 2.05) is 23.9 Å². The van der Waals surface area contributed by atoms with E-state index >= 15 is 0 Å². The Bertz CT molecular complexity index is 757. The monoisotopic (exact) mass is 351 g/mol. The molecule has 0 aliphatic heterocycles. The lowest BCUT2D eigenvalue weighted by molar-refractivity contribution is 0.507. The molecule has 1 aliphatic rings. The van der Waals surface area contributed by atoms with E-state index in [9.17, 15) is 4.79 Å². The zero-order valence-electron chi connectivity index (χ0n) is 13.3. The van der Waals surface area contributed by atoms with Gasteiger partial charge in [0.25, 0.3) is 5.56 Å². The number of rotatable bonds is 7. The summed E-state index contributed by atoms with van der Waals surface area (Å²) in [5.74, 6) is 2.27. The predicted octanol–water partition coefficient (Wildman–Crippen LogP) is 3.60. The van der Waals surface area contributed by atoms with E-state index in [-0.39, 0.29) is 11.6 Å². The van der Waals surface area contributed by atoms with E-state index in [0.717, 1.165) is 37.3 Å². The van der Waals surface area contributed by atoms with Gasteiger partial charge in [0.15, 0.2) is 0 Å². The molecular weight excluding hydrogens is 330 g/mol. The molecule has 1 saturated carbocycles. The van der Waals surface area contributed by atoms with Crippen molar-refractivity contribution in [3.8, 4) is 0 Å². The Morgan fingerprint density at radius 3 is 2.91 bits per heavy atom. The van der Waals surface area contributed by atoms with E-state index < -0.39 is 0 Å². The standard InChI is InChI=1S/C17H22ClN3OS/c1-23-10-3-2-9-21-16(15(19)11-7-8-11)20-13-6-4-5-12(18)14(13)17(21)22/h4-6,11,15H,2-3,7-10,19H2,1H3. The third-order valence-corrected chi connectivity index (χ3v) is 5.38. The number of hydrogen-bond acceptors (Lipinski definition) is 4. The van der Waals surface area contributed by atoms with Crippen molar-refractivity contribution in [3.63, 3.8) is 0 Å². The maximum atomic E-state index is 13.0. The topological polar surface area (TPSA) is 60.9 Å². The fourth-order valence-corrected chi connectivity index (χ4v) is 3.64. The number of aromatic nitrogens is 2. The molecule has 1 aromatic carbocycles. The smallest absolute Gasteiger partial charge is 0.262 e. The number of fused-ring (bicyclic) bond motifs is 1. The summed E-state index contributed by atoms with van der Waals surface area (Å²) in [6.45, 7) is 0.656. The van der Waals surface area contributed by atoms with Crippen LogP contribution in [0, 0.1) is 5.92 Å². The van der Waals surface area contributed by atoms with Gasteiger partial charge in [-0.1, -0.05) is 17.7 Å². The number of halogens is 1. The third-order valence-electron chi connectivity index (χ3n) is 4.37. The molecule has 1 atom stereocenters. The Labute approximate surface area is 145 Å². The van der Waals surface area contributed by atoms with Gasteiger partial charge in [0.05, 0.1) is 22.0 Å². The minimum Gasteiger partial charge on any atom is -0.321 e. The molecule has 1 heterocycles. The highest BCUT2D eigenvalue weighted by atomic mass is 35.5. The van der Waals surface area contributed by atoms with Crippen molar-refractivity contribution in [2.45, 2.75) is 38.3 Å². The van der Waals surface area contributed by atoms with Crippen molar-refractivity contribution in [1.29, 1.82) is 0 Å². The Kier molecular flexibility index (Phi) is 5.29. The SMILES string of the molecule is CSCCCCn1c(C(N)C2CC2)nc2cccc(Cl)c2c1=O. The lowest BCUT2D eigenvalue weighted by Gasteiger charge is -2.18. The molecule has 4 nitrogen and oxygen atoms in total. The maximum absolute atomic E-state index is 13.0. The van der Waals surface area contributed by atoms with Gasteiger partial charge in [0.2, 0.25) is 0 Å². The molecule has 0 radical (unpaired) electrons. The molecule has 124 valence electrons. The number of benzene rings is 1. The average Bonchev–Trinajstić information content (AvgIpc) is 3.37. The minimum atomic E-state index is -0.161. The molecule has 0 bridgehead atoms. The highest BCUT2D eigenvalue weighted by molar-refractivity contribution is 7.98. The Morgan fingerprint density at radius 1 is 1.43 bits per heavy atom. The van der Waals surface area contributed by atoms with E-state index in [2.05, 4.69) is 6.26 Å². The van der Waals surface area contributed by atoms with Gasteiger partial charge in [-0.2, -0.15) is 11.8 Å². The second kappa shape index (κ2) is 7.24. The van der Waals surface area contributed by atoms with Crippen LogP contribution < -0.4 is 11.3 Å². The first kappa shape index (κ1) is 16.8. The summed E-state index contributed by atoms with van der Waals surface area (Å²) >= 11 is 8.06. The van der Waals surface area contributed by atoms with Crippen molar-refractivity contribution in [1.82, 2.24) is 9.55 Å². The molecule has 1 unspecified atom stereocenters. The lowest BCUT2D eigenvalue weighted by Crippen LogP contribution is -2.30. The number of unbranched alkanes of at least 4 members (excludes halogenated alkanes) is 1. The van der Waals surface area contributed by atoms with Crippen LogP contribution in [-0.4, -0.2) is 21.6 Å². The number of nitrogens with zero attached hydrogens (tertiary/aromatic N) is 2. The van der Waals surface area contributed by atoms with Gasteiger partial charge < -0.3 is 5.73 Å². The summed E-state index contributed by atoms with van der Waals surface area (Å²) in [4.78, 5) is 17.7. The Balaban J connectivity index is 2.04. The Morgan fingerprint density at radius 2 is 2.22 bits per heavy atom. The van der Waals surface area contributed by atoms with Crippen LogP contribution >= 0.6 is 23.4 Å². The first-order chi connectivity index (χ1) is 11.1. The van der Waals surface area contributed by atoms with Gasteiger partial charge in [-0.25, -0.2) is 4.98 Å². The first-order valence-electron chi connectivity index (χ1n) is 8.07. The second-order valence-corrected chi connectivity index (χ2v) is 7.52. The van der Waals surface area contributed by atoms with Gasteiger partial charge in [0, 0.05) is 6.54 Å². The lowest BCUT2D eigenvalue weighted by atomic mass is 10.1. The van der Waals surface area contributed by atoms with Gasteiger partial charge in [0.1, 0.15) is 5.82 Å². The van der Waals surface area contributed by atoms with Gasteiger partial charge in [-0.3, -0.25) is 9.36 Å². The molecule has 1 aliphatic carbocycles. The molecule has 2 aromatic rings. The summed E-state index contributed by atoms with van der Waals surface area (Å²) in [7, 11) is 0. The summed E-state index contributed by atoms with van der Waals surface area (Å²) in [5.41, 5.74) is 6.96. The predicted molar refractivity (Wildman–Crippen MR) is 98.3 cm³/mol. The van der Waals surface area contributed by atoms with Crippen LogP contribution in [0.3, 0.4) is 0 Å². The van der Waals surface area contributed by atoms with Gasteiger partial charge in [-0.15, -0.1) is 0 Å². The third kappa shape index (κ3) is 3.57. The molecule has 3 rings (SSSR count). The zero-order valence-corrected chi connectivity index (χ0v) is 14.9. The van der Waals surface area contributed by atoms with E-state index in [1.165, 1.54) is 0 Å². The van der Waals surface area contributed by atoms with Crippen molar-refractivity contribution < 1.29 is 0 Å². The molecule has 0 amide bonds. The highest BCUT2D eigenvalue weighted by Crippen LogP contribution is 2.39. The van der Waals surface area contributed by atoms with Crippen molar-refractivity contribution in [2.75, 3.05) is 12.0 Å². The van der Waals surface area contributed by atoms with Crippen molar-refractivity contribution in [2.24, 2.45) is 11.7 Å². The van der Waals surface area contributed by atoms with E-state index in [0.29, 0.717) is 28.4 Å². The first-order valence-corrected chi connectivity index (χ1v) is 9.84. The van der Waals surface area contributed by atoms with Crippen molar-refractivity contribution in [3.05, 3.63) is 39.4 Å². The quantitative estimate of drug-likeness (QED) is 0.774. The molecule has 23 heavy (non-hydrogen) atoms. The average molecular weight is 352 g/mol. The van der Waals surface area contributed by atoms with Gasteiger partial charge >= 0.3 is 0 Å². The summed E-state index contributed by atoms with van der Waals surface area (Å²) in [5, 5.41) is 0.968. The molecule has 0 spiro atoms. The van der Waals surface area contributed by atoms with E-state index in [4.69, 9.17) is 22.3 Å². The molecule has 6 heteroatoms. The van der Waals surface area contributed by atoms with Crippen LogP contribution in [-0.2, 0) is 6.54 Å². The fraction of sp³-hybridized carbons (Fsp3) is 0.529.